The van der Waals surface area contributed by atoms with Crippen LogP contribution in [-0.2, 0) is 17.7 Å². The highest BCUT2D eigenvalue weighted by Crippen LogP contribution is 2.36. The molecule has 1 saturated heterocycles. The number of aromatic nitrogens is 3. The minimum atomic E-state index is -0.0797. The molecule has 4 rings (SSSR count). The molecule has 10 nitrogen and oxygen atoms in total. The first-order valence-electron chi connectivity index (χ1n) is 10.2. The SMILES string of the molecule is CNC(=O)N1CCc2c(c(N(C)c3cnc(N)c(OC)c3)nn2C2CCOCC2)C1. The fourth-order valence-corrected chi connectivity index (χ4v) is 4.18. The van der Waals surface area contributed by atoms with Crippen molar-refractivity contribution >= 4 is 23.4 Å². The number of amides is 2. The fraction of sp³-hybridized carbons (Fsp3) is 0.550. The van der Waals surface area contributed by atoms with E-state index in [9.17, 15) is 4.79 Å². The van der Waals surface area contributed by atoms with Gasteiger partial charge in [-0.15, -0.1) is 0 Å². The van der Waals surface area contributed by atoms with Gasteiger partial charge in [-0.05, 0) is 12.8 Å². The molecule has 0 saturated carbocycles. The Morgan fingerprint density at radius 2 is 2.17 bits per heavy atom. The summed E-state index contributed by atoms with van der Waals surface area (Å²) in [5.74, 6) is 1.68. The van der Waals surface area contributed by atoms with Crippen molar-refractivity contribution in [2.75, 3.05) is 51.6 Å². The van der Waals surface area contributed by atoms with E-state index in [4.69, 9.17) is 20.3 Å². The van der Waals surface area contributed by atoms with E-state index in [1.54, 1.807) is 20.4 Å². The standard InChI is InChI=1S/C20H29N7O3/c1-22-20(28)26-7-4-16-15(12-26)19(24-27(16)13-5-8-30-9-6-13)25(2)14-10-17(29-3)18(21)23-11-14/h10-11,13H,4-9,12H2,1-3H3,(H2,21,23)(H,22,28). The Morgan fingerprint density at radius 3 is 2.87 bits per heavy atom. The van der Waals surface area contributed by atoms with Gasteiger partial charge in [-0.3, -0.25) is 4.68 Å². The normalized spacial score (nSPS) is 16.8. The van der Waals surface area contributed by atoms with Crippen LogP contribution in [0.1, 0.15) is 30.1 Å². The number of methoxy groups -OCH3 is 1. The van der Waals surface area contributed by atoms with E-state index in [1.165, 1.54) is 5.69 Å². The van der Waals surface area contributed by atoms with Gasteiger partial charge in [-0.2, -0.15) is 5.10 Å². The third kappa shape index (κ3) is 3.62. The number of anilines is 3. The number of nitrogens with two attached hydrogens (primary N) is 1. The summed E-state index contributed by atoms with van der Waals surface area (Å²) in [6.07, 6.45) is 4.35. The molecule has 0 bridgehead atoms. The molecule has 1 fully saturated rings. The van der Waals surface area contributed by atoms with Gasteiger partial charge in [0.15, 0.2) is 17.4 Å². The number of carbonyl (C=O) groups is 1. The topological polar surface area (TPSA) is 111 Å². The summed E-state index contributed by atoms with van der Waals surface area (Å²) < 4.78 is 13.0. The summed E-state index contributed by atoms with van der Waals surface area (Å²) in [6.45, 7) is 2.67. The van der Waals surface area contributed by atoms with Crippen LogP contribution in [0.4, 0.5) is 22.1 Å². The number of rotatable bonds is 4. The van der Waals surface area contributed by atoms with E-state index >= 15 is 0 Å². The van der Waals surface area contributed by atoms with E-state index < -0.39 is 0 Å². The second-order valence-corrected chi connectivity index (χ2v) is 7.60. The van der Waals surface area contributed by atoms with Crippen LogP contribution >= 0.6 is 0 Å². The molecule has 2 aliphatic rings. The Balaban J connectivity index is 1.74. The molecule has 0 atom stereocenters. The number of nitrogens with zero attached hydrogens (tertiary/aromatic N) is 5. The number of fused-ring (bicyclic) bond motifs is 1. The Labute approximate surface area is 175 Å². The highest BCUT2D eigenvalue weighted by Gasteiger charge is 2.32. The monoisotopic (exact) mass is 415 g/mol. The van der Waals surface area contributed by atoms with Crippen molar-refractivity contribution in [3.05, 3.63) is 23.5 Å². The summed E-state index contributed by atoms with van der Waals surface area (Å²) >= 11 is 0. The van der Waals surface area contributed by atoms with Gasteiger partial charge in [0.05, 0.1) is 31.6 Å². The molecular weight excluding hydrogens is 386 g/mol. The van der Waals surface area contributed by atoms with E-state index in [0.717, 1.165) is 49.5 Å². The molecule has 2 aliphatic heterocycles. The third-order valence-electron chi connectivity index (χ3n) is 5.89. The highest BCUT2D eigenvalue weighted by molar-refractivity contribution is 5.75. The molecule has 162 valence electrons. The molecular formula is C20H29N7O3. The number of urea groups is 1. The van der Waals surface area contributed by atoms with Crippen molar-refractivity contribution < 1.29 is 14.3 Å². The summed E-state index contributed by atoms with van der Waals surface area (Å²) in [4.78, 5) is 20.3. The van der Waals surface area contributed by atoms with E-state index in [0.29, 0.717) is 30.7 Å². The van der Waals surface area contributed by atoms with Gasteiger partial charge in [-0.1, -0.05) is 0 Å². The lowest BCUT2D eigenvalue weighted by Crippen LogP contribution is -2.41. The first kappa shape index (κ1) is 20.3. The van der Waals surface area contributed by atoms with Gasteiger partial charge in [-0.25, -0.2) is 9.78 Å². The summed E-state index contributed by atoms with van der Waals surface area (Å²) in [7, 11) is 5.17. The predicted octanol–water partition coefficient (Wildman–Crippen LogP) is 1.69. The Bertz CT molecular complexity index is 923. The summed E-state index contributed by atoms with van der Waals surface area (Å²) in [5, 5.41) is 7.74. The van der Waals surface area contributed by atoms with Gasteiger partial charge in [0.2, 0.25) is 0 Å². The van der Waals surface area contributed by atoms with Crippen LogP contribution in [0.25, 0.3) is 0 Å². The second kappa shape index (κ2) is 8.39. The van der Waals surface area contributed by atoms with Gasteiger partial charge in [0.1, 0.15) is 0 Å². The molecule has 2 aromatic heterocycles. The van der Waals surface area contributed by atoms with Crippen LogP contribution in [0, 0.1) is 0 Å². The van der Waals surface area contributed by atoms with E-state index in [2.05, 4.69) is 15.0 Å². The number of hydrogen-bond donors (Lipinski definition) is 2. The quantitative estimate of drug-likeness (QED) is 0.782. The number of hydrogen-bond acceptors (Lipinski definition) is 7. The van der Waals surface area contributed by atoms with Gasteiger partial charge in [0, 0.05) is 57.6 Å². The number of ether oxygens (including phenoxy) is 2. The summed E-state index contributed by atoms with van der Waals surface area (Å²) in [6, 6.07) is 2.07. The number of nitrogens with one attached hydrogen (secondary N) is 1. The molecule has 10 heteroatoms. The van der Waals surface area contributed by atoms with Crippen LogP contribution in [0.3, 0.4) is 0 Å². The van der Waals surface area contributed by atoms with Gasteiger partial charge < -0.3 is 30.3 Å². The number of carbonyl (C=O) groups excluding carboxylic acids is 1. The van der Waals surface area contributed by atoms with Gasteiger partial charge >= 0.3 is 6.03 Å². The average Bonchev–Trinajstić information content (AvgIpc) is 3.17. The predicted molar refractivity (Wildman–Crippen MR) is 113 cm³/mol. The van der Waals surface area contributed by atoms with Crippen molar-refractivity contribution in [3.63, 3.8) is 0 Å². The maximum Gasteiger partial charge on any atom is 0.317 e. The van der Waals surface area contributed by atoms with Crippen LogP contribution in [0.15, 0.2) is 12.3 Å². The molecule has 2 amide bonds. The Hall–Kier alpha value is -3.01. The molecule has 0 aromatic carbocycles. The van der Waals surface area contributed by atoms with E-state index in [-0.39, 0.29) is 6.03 Å². The molecule has 0 unspecified atom stereocenters. The van der Waals surface area contributed by atoms with E-state index in [1.807, 2.05) is 22.9 Å². The van der Waals surface area contributed by atoms with Crippen molar-refractivity contribution in [2.24, 2.45) is 0 Å². The molecule has 0 aliphatic carbocycles. The van der Waals surface area contributed by atoms with Crippen molar-refractivity contribution in [2.45, 2.75) is 31.8 Å². The number of pyridine rings is 1. The highest BCUT2D eigenvalue weighted by atomic mass is 16.5. The smallest absolute Gasteiger partial charge is 0.317 e. The van der Waals surface area contributed by atoms with Crippen LogP contribution in [-0.4, -0.2) is 66.7 Å². The van der Waals surface area contributed by atoms with Crippen molar-refractivity contribution in [1.82, 2.24) is 25.0 Å². The largest absolute Gasteiger partial charge is 0.493 e. The first-order chi connectivity index (χ1) is 14.5. The Morgan fingerprint density at radius 1 is 1.40 bits per heavy atom. The molecule has 30 heavy (non-hydrogen) atoms. The molecule has 3 N–H and O–H groups in total. The summed E-state index contributed by atoms with van der Waals surface area (Å²) in [5.41, 5.74) is 8.96. The van der Waals surface area contributed by atoms with Gasteiger partial charge in [0.25, 0.3) is 0 Å². The van der Waals surface area contributed by atoms with Crippen LogP contribution < -0.4 is 20.7 Å². The minimum Gasteiger partial charge on any atom is -0.493 e. The second-order valence-electron chi connectivity index (χ2n) is 7.60. The third-order valence-corrected chi connectivity index (χ3v) is 5.89. The fourth-order valence-electron chi connectivity index (χ4n) is 4.18. The first-order valence-corrected chi connectivity index (χ1v) is 10.2. The molecule has 4 heterocycles. The lowest BCUT2D eigenvalue weighted by atomic mass is 10.0. The zero-order valence-electron chi connectivity index (χ0n) is 17.7. The maximum atomic E-state index is 12.3. The van der Waals surface area contributed by atoms with Crippen molar-refractivity contribution in [1.29, 1.82) is 0 Å². The molecule has 0 spiro atoms. The van der Waals surface area contributed by atoms with Crippen LogP contribution in [0.2, 0.25) is 0 Å². The Kier molecular flexibility index (Phi) is 5.67. The minimum absolute atomic E-state index is 0.0797. The maximum absolute atomic E-state index is 12.3. The zero-order valence-corrected chi connectivity index (χ0v) is 17.7. The number of nitrogen functional groups attached to an aromatic ring is 1. The van der Waals surface area contributed by atoms with Crippen LogP contribution in [0.5, 0.6) is 5.75 Å². The average molecular weight is 415 g/mol. The molecule has 2 aromatic rings. The zero-order chi connectivity index (χ0) is 21.3. The lowest BCUT2D eigenvalue weighted by Gasteiger charge is -2.30. The van der Waals surface area contributed by atoms with Crippen molar-refractivity contribution in [3.8, 4) is 5.75 Å². The lowest BCUT2D eigenvalue weighted by molar-refractivity contribution is 0.0651. The molecule has 0 radical (unpaired) electrons.